The molecule has 4 rings (SSSR count). The fourth-order valence-electron chi connectivity index (χ4n) is 4.21. The summed E-state index contributed by atoms with van der Waals surface area (Å²) < 4.78 is 26.5. The second kappa shape index (κ2) is 10.2. The molecular formula is C25H30N6O3S. The van der Waals surface area contributed by atoms with Gasteiger partial charge >= 0.3 is 0 Å². The molecule has 1 unspecified atom stereocenters. The third-order valence-electron chi connectivity index (χ3n) is 6.05. The number of benzene rings is 1. The minimum Gasteiger partial charge on any atom is -0.344 e. The summed E-state index contributed by atoms with van der Waals surface area (Å²) in [5.41, 5.74) is 4.45. The number of rotatable bonds is 8. The number of hydrogen-bond acceptors (Lipinski definition) is 5. The SMILES string of the molecule is Cc1cc2c(cc1CCNS(=O)O)c(=O)c(-c1cccc(-c3nncn3C(C)C)n1)cn2C(C)C. The highest BCUT2D eigenvalue weighted by Crippen LogP contribution is 2.26. The molecule has 3 heterocycles. The number of nitrogens with one attached hydrogen (secondary N) is 1. The molecule has 35 heavy (non-hydrogen) atoms. The molecule has 0 saturated carbocycles. The molecule has 3 aromatic heterocycles. The highest BCUT2D eigenvalue weighted by atomic mass is 32.2. The van der Waals surface area contributed by atoms with Crippen LogP contribution in [0.4, 0.5) is 0 Å². The van der Waals surface area contributed by atoms with Crippen LogP contribution in [0.3, 0.4) is 0 Å². The molecule has 0 amide bonds. The van der Waals surface area contributed by atoms with Crippen LogP contribution in [0.5, 0.6) is 0 Å². The highest BCUT2D eigenvalue weighted by molar-refractivity contribution is 7.77. The fraction of sp³-hybridized carbons (Fsp3) is 0.360. The maximum absolute atomic E-state index is 13.7. The monoisotopic (exact) mass is 494 g/mol. The van der Waals surface area contributed by atoms with Crippen molar-refractivity contribution in [1.29, 1.82) is 0 Å². The van der Waals surface area contributed by atoms with Gasteiger partial charge < -0.3 is 9.13 Å². The summed E-state index contributed by atoms with van der Waals surface area (Å²) in [4.78, 5) is 18.5. The van der Waals surface area contributed by atoms with E-state index in [4.69, 9.17) is 9.54 Å². The van der Waals surface area contributed by atoms with Gasteiger partial charge in [0.15, 0.2) is 11.3 Å². The van der Waals surface area contributed by atoms with Crippen LogP contribution in [-0.2, 0) is 17.7 Å². The first kappa shape index (κ1) is 24.9. The van der Waals surface area contributed by atoms with Crippen molar-refractivity contribution in [3.8, 4) is 22.8 Å². The molecular weight excluding hydrogens is 464 g/mol. The standard InChI is InChI=1S/C25H30N6O3S/c1-15(2)30-13-20(21-7-6-8-22(28-21)25-29-26-14-31(25)16(3)4)24(32)19-12-18(9-10-27-35(33)34)17(5)11-23(19)30/h6-8,11-16,27H,9-10H2,1-5H3,(H,33,34). The largest absolute Gasteiger partial charge is 0.344 e. The van der Waals surface area contributed by atoms with Crippen molar-refractivity contribution in [2.45, 2.75) is 53.1 Å². The lowest BCUT2D eigenvalue weighted by atomic mass is 9.99. The van der Waals surface area contributed by atoms with Crippen LogP contribution >= 0.6 is 0 Å². The van der Waals surface area contributed by atoms with Crippen molar-refractivity contribution in [2.24, 2.45) is 0 Å². The second-order valence-electron chi connectivity index (χ2n) is 9.13. The summed E-state index contributed by atoms with van der Waals surface area (Å²) in [5, 5.41) is 8.88. The minimum absolute atomic E-state index is 0.105. The van der Waals surface area contributed by atoms with Crippen molar-refractivity contribution in [3.63, 3.8) is 0 Å². The predicted molar refractivity (Wildman–Crippen MR) is 138 cm³/mol. The molecule has 184 valence electrons. The van der Waals surface area contributed by atoms with Crippen molar-refractivity contribution < 1.29 is 8.76 Å². The van der Waals surface area contributed by atoms with Gasteiger partial charge in [0, 0.05) is 30.2 Å². The van der Waals surface area contributed by atoms with E-state index in [1.54, 1.807) is 6.33 Å². The molecule has 0 spiro atoms. The van der Waals surface area contributed by atoms with E-state index < -0.39 is 11.3 Å². The zero-order valence-electron chi connectivity index (χ0n) is 20.5. The Balaban J connectivity index is 1.87. The Kier molecular flexibility index (Phi) is 7.25. The van der Waals surface area contributed by atoms with Gasteiger partial charge in [-0.1, -0.05) is 6.07 Å². The van der Waals surface area contributed by atoms with Crippen molar-refractivity contribution in [1.82, 2.24) is 29.0 Å². The third kappa shape index (κ3) is 5.09. The van der Waals surface area contributed by atoms with Gasteiger partial charge in [0.05, 0.1) is 16.8 Å². The molecule has 1 atom stereocenters. The number of aromatic nitrogens is 5. The van der Waals surface area contributed by atoms with Crippen LogP contribution in [0.15, 0.2) is 47.7 Å². The molecule has 2 N–H and O–H groups in total. The molecule has 10 heteroatoms. The lowest BCUT2D eigenvalue weighted by Crippen LogP contribution is -2.20. The number of aryl methyl sites for hydroxylation is 1. The smallest absolute Gasteiger partial charge is 0.231 e. The average molecular weight is 495 g/mol. The van der Waals surface area contributed by atoms with Crippen LogP contribution in [0, 0.1) is 6.92 Å². The normalized spacial score (nSPS) is 12.7. The van der Waals surface area contributed by atoms with E-state index in [9.17, 15) is 9.00 Å². The van der Waals surface area contributed by atoms with E-state index in [-0.39, 0.29) is 17.5 Å². The maximum Gasteiger partial charge on any atom is 0.231 e. The first-order chi connectivity index (χ1) is 16.7. The van der Waals surface area contributed by atoms with E-state index in [0.717, 1.165) is 16.6 Å². The van der Waals surface area contributed by atoms with Crippen LogP contribution in [0.2, 0.25) is 0 Å². The molecule has 0 fully saturated rings. The fourth-order valence-corrected chi connectivity index (χ4v) is 4.49. The Morgan fingerprint density at radius 3 is 2.49 bits per heavy atom. The summed E-state index contributed by atoms with van der Waals surface area (Å²) >= 11 is -2.07. The van der Waals surface area contributed by atoms with Gasteiger partial charge in [-0.3, -0.25) is 9.35 Å². The Morgan fingerprint density at radius 1 is 1.09 bits per heavy atom. The molecule has 0 saturated heterocycles. The van der Waals surface area contributed by atoms with Crippen LogP contribution < -0.4 is 10.2 Å². The molecule has 4 aromatic rings. The van der Waals surface area contributed by atoms with Gasteiger partial charge in [-0.25, -0.2) is 13.9 Å². The van der Waals surface area contributed by atoms with Crippen LogP contribution in [0.1, 0.15) is 50.9 Å². The third-order valence-corrected chi connectivity index (χ3v) is 6.50. The Morgan fingerprint density at radius 2 is 1.80 bits per heavy atom. The summed E-state index contributed by atoms with van der Waals surface area (Å²) in [6, 6.07) is 9.78. The molecule has 9 nitrogen and oxygen atoms in total. The van der Waals surface area contributed by atoms with Crippen LogP contribution in [-0.4, -0.2) is 39.6 Å². The van der Waals surface area contributed by atoms with E-state index in [2.05, 4.69) is 47.2 Å². The lowest BCUT2D eigenvalue weighted by Gasteiger charge is -2.19. The first-order valence-corrected chi connectivity index (χ1v) is 12.7. The van der Waals surface area contributed by atoms with Gasteiger partial charge in [0.1, 0.15) is 12.0 Å². The summed E-state index contributed by atoms with van der Waals surface area (Å²) in [7, 11) is 0. The lowest BCUT2D eigenvalue weighted by molar-refractivity contribution is 0.549. The highest BCUT2D eigenvalue weighted by Gasteiger charge is 2.17. The molecule has 0 aliphatic heterocycles. The summed E-state index contributed by atoms with van der Waals surface area (Å²) in [6.45, 7) is 10.6. The Labute approximate surface area is 206 Å². The number of pyridine rings is 2. The van der Waals surface area contributed by atoms with Gasteiger partial charge in [-0.15, -0.1) is 10.2 Å². The van der Waals surface area contributed by atoms with Gasteiger partial charge in [-0.2, -0.15) is 0 Å². The quantitative estimate of drug-likeness (QED) is 0.357. The number of fused-ring (bicyclic) bond motifs is 1. The molecule has 0 radical (unpaired) electrons. The topological polar surface area (TPSA) is 115 Å². The van der Waals surface area contributed by atoms with E-state index in [1.165, 1.54) is 0 Å². The van der Waals surface area contributed by atoms with Crippen molar-refractivity contribution in [3.05, 3.63) is 64.2 Å². The number of nitrogens with zero attached hydrogens (tertiary/aromatic N) is 5. The van der Waals surface area contributed by atoms with E-state index in [1.807, 2.05) is 48.0 Å². The van der Waals surface area contributed by atoms with Crippen molar-refractivity contribution >= 4 is 22.2 Å². The summed E-state index contributed by atoms with van der Waals surface area (Å²) in [6.07, 6.45) is 4.09. The maximum atomic E-state index is 13.7. The molecule has 0 aliphatic carbocycles. The zero-order valence-corrected chi connectivity index (χ0v) is 21.3. The van der Waals surface area contributed by atoms with E-state index in [0.29, 0.717) is 41.1 Å². The van der Waals surface area contributed by atoms with Gasteiger partial charge in [0.2, 0.25) is 11.3 Å². The molecule has 1 aromatic carbocycles. The van der Waals surface area contributed by atoms with Crippen molar-refractivity contribution in [2.75, 3.05) is 6.54 Å². The zero-order chi connectivity index (χ0) is 25.3. The Bertz CT molecular complexity index is 1460. The van der Waals surface area contributed by atoms with Crippen LogP contribution in [0.25, 0.3) is 33.7 Å². The summed E-state index contributed by atoms with van der Waals surface area (Å²) in [5.74, 6) is 0.651. The Hall–Kier alpha value is -3.21. The molecule has 0 bridgehead atoms. The van der Waals surface area contributed by atoms with Gasteiger partial charge in [-0.05, 0) is 76.4 Å². The van der Waals surface area contributed by atoms with Gasteiger partial charge in [0.25, 0.3) is 0 Å². The predicted octanol–water partition coefficient (Wildman–Crippen LogP) is 4.06. The second-order valence-corrected chi connectivity index (χ2v) is 9.91. The number of hydrogen-bond donors (Lipinski definition) is 2. The molecule has 0 aliphatic rings. The average Bonchev–Trinajstić information content (AvgIpc) is 3.30. The van der Waals surface area contributed by atoms with E-state index >= 15 is 0 Å². The minimum atomic E-state index is -2.07. The first-order valence-electron chi connectivity index (χ1n) is 11.6.